The van der Waals surface area contributed by atoms with Crippen molar-refractivity contribution in [3.8, 4) is 5.75 Å². The number of aliphatic hydroxyl groups is 1. The largest absolute Gasteiger partial charge is 0.497 e. The van der Waals surface area contributed by atoms with Crippen molar-refractivity contribution in [1.29, 1.82) is 0 Å². The molecule has 0 aliphatic heterocycles. The fraction of sp³-hybridized carbons (Fsp3) is 0.429. The highest BCUT2D eigenvalue weighted by molar-refractivity contribution is 6.30. The van der Waals surface area contributed by atoms with Crippen LogP contribution in [0.5, 0.6) is 5.75 Å². The second kappa shape index (κ2) is 10.5. The summed E-state index contributed by atoms with van der Waals surface area (Å²) in [6.07, 6.45) is 0.393. The van der Waals surface area contributed by atoms with Crippen molar-refractivity contribution >= 4 is 11.6 Å². The lowest BCUT2D eigenvalue weighted by Crippen LogP contribution is -2.38. The van der Waals surface area contributed by atoms with E-state index in [0.717, 1.165) is 17.7 Å². The second-order valence-corrected chi connectivity index (χ2v) is 7.07. The van der Waals surface area contributed by atoms with Crippen molar-refractivity contribution in [2.24, 2.45) is 0 Å². The predicted octanol–water partition coefficient (Wildman–Crippen LogP) is 3.79. The molecule has 0 aliphatic carbocycles. The normalized spacial score (nSPS) is 13.6. The number of ether oxygens (including phenoxy) is 2. The van der Waals surface area contributed by atoms with Crippen LogP contribution in [0.2, 0.25) is 5.02 Å². The molecule has 1 N–H and O–H groups in total. The first-order valence-electron chi connectivity index (χ1n) is 8.81. The Kier molecular flexibility index (Phi) is 8.39. The van der Waals surface area contributed by atoms with Gasteiger partial charge in [-0.1, -0.05) is 35.9 Å². The molecule has 0 heterocycles. The lowest BCUT2D eigenvalue weighted by Gasteiger charge is -2.27. The van der Waals surface area contributed by atoms with E-state index in [-0.39, 0.29) is 0 Å². The Hall–Kier alpha value is -1.59. The van der Waals surface area contributed by atoms with E-state index in [1.165, 1.54) is 5.56 Å². The summed E-state index contributed by atoms with van der Waals surface area (Å²) >= 11 is 5.86. The van der Waals surface area contributed by atoms with Crippen molar-refractivity contribution < 1.29 is 14.6 Å². The van der Waals surface area contributed by atoms with Gasteiger partial charge in [0.2, 0.25) is 0 Å². The number of rotatable bonds is 10. The van der Waals surface area contributed by atoms with Crippen LogP contribution in [0.25, 0.3) is 0 Å². The minimum atomic E-state index is -0.523. The van der Waals surface area contributed by atoms with Crippen LogP contribution in [0.4, 0.5) is 0 Å². The van der Waals surface area contributed by atoms with Crippen molar-refractivity contribution in [3.05, 3.63) is 64.7 Å². The minimum Gasteiger partial charge on any atom is -0.497 e. The minimum absolute atomic E-state index is 0.308. The highest BCUT2D eigenvalue weighted by atomic mass is 35.5. The summed E-state index contributed by atoms with van der Waals surface area (Å²) in [5.74, 6) is 0.864. The van der Waals surface area contributed by atoms with Gasteiger partial charge in [0.15, 0.2) is 0 Å². The first kappa shape index (κ1) is 20.7. The third-order valence-electron chi connectivity index (χ3n) is 4.43. The first-order valence-corrected chi connectivity index (χ1v) is 9.19. The lowest BCUT2D eigenvalue weighted by molar-refractivity contribution is 0.00871. The van der Waals surface area contributed by atoms with Crippen LogP contribution in [0.1, 0.15) is 18.1 Å². The van der Waals surface area contributed by atoms with Crippen LogP contribution in [-0.2, 0) is 17.8 Å². The molecule has 0 aromatic heterocycles. The molecule has 0 spiro atoms. The van der Waals surface area contributed by atoms with E-state index in [4.69, 9.17) is 21.1 Å². The molecule has 2 atom stereocenters. The number of methoxy groups -OCH3 is 1. The van der Waals surface area contributed by atoms with Gasteiger partial charge >= 0.3 is 0 Å². The van der Waals surface area contributed by atoms with Gasteiger partial charge in [0.1, 0.15) is 5.75 Å². The molecule has 0 bridgehead atoms. The van der Waals surface area contributed by atoms with E-state index in [1.807, 2.05) is 43.4 Å². The Balaban J connectivity index is 1.70. The van der Waals surface area contributed by atoms with Gasteiger partial charge in [0.25, 0.3) is 0 Å². The second-order valence-electron chi connectivity index (χ2n) is 6.64. The fourth-order valence-electron chi connectivity index (χ4n) is 2.72. The summed E-state index contributed by atoms with van der Waals surface area (Å²) in [7, 11) is 3.69. The van der Waals surface area contributed by atoms with Crippen molar-refractivity contribution in [2.45, 2.75) is 32.1 Å². The smallest absolute Gasteiger partial charge is 0.118 e. The van der Waals surface area contributed by atoms with Crippen LogP contribution in [-0.4, -0.2) is 49.5 Å². The molecule has 0 saturated carbocycles. The lowest BCUT2D eigenvalue weighted by atomic mass is 10.1. The number of nitrogens with zero attached hydrogens (tertiary/aromatic N) is 1. The Morgan fingerprint density at radius 3 is 2.27 bits per heavy atom. The van der Waals surface area contributed by atoms with E-state index in [1.54, 1.807) is 7.11 Å². The third kappa shape index (κ3) is 6.96. The van der Waals surface area contributed by atoms with Crippen LogP contribution >= 0.6 is 11.6 Å². The molecule has 5 heteroatoms. The highest BCUT2D eigenvalue weighted by Gasteiger charge is 2.14. The molecule has 26 heavy (non-hydrogen) atoms. The number of hydrogen-bond donors (Lipinski definition) is 1. The predicted molar refractivity (Wildman–Crippen MR) is 106 cm³/mol. The standard InChI is InChI=1S/C21H28ClNO3/c1-16(12-17-6-10-21(25-3)11-7-17)23(2)13-20(24)15-26-14-18-4-8-19(22)9-5-18/h4-11,16,20,24H,12-15H2,1-3H3. The quantitative estimate of drug-likeness (QED) is 0.684. The monoisotopic (exact) mass is 377 g/mol. The van der Waals surface area contributed by atoms with Gasteiger partial charge in [-0.3, -0.25) is 0 Å². The molecular formula is C21H28ClNO3. The number of likely N-dealkylation sites (N-methyl/N-ethyl adjacent to an activating group) is 1. The van der Waals surface area contributed by atoms with Crippen LogP contribution < -0.4 is 4.74 Å². The first-order chi connectivity index (χ1) is 12.5. The molecule has 2 aromatic carbocycles. The fourth-order valence-corrected chi connectivity index (χ4v) is 2.84. The van der Waals surface area contributed by atoms with E-state index >= 15 is 0 Å². The zero-order valence-electron chi connectivity index (χ0n) is 15.7. The summed E-state index contributed by atoms with van der Waals surface area (Å²) in [5.41, 5.74) is 2.29. The molecule has 0 amide bonds. The number of benzene rings is 2. The van der Waals surface area contributed by atoms with Gasteiger partial charge in [-0.15, -0.1) is 0 Å². The average Bonchev–Trinajstić information content (AvgIpc) is 2.64. The van der Waals surface area contributed by atoms with Gasteiger partial charge in [-0.25, -0.2) is 0 Å². The summed E-state index contributed by atoms with van der Waals surface area (Å²) < 4.78 is 10.8. The molecule has 2 unspecified atom stereocenters. The molecule has 0 radical (unpaired) electrons. The van der Waals surface area contributed by atoms with Gasteiger partial charge in [-0.2, -0.15) is 0 Å². The Bertz CT molecular complexity index is 645. The maximum absolute atomic E-state index is 10.2. The number of aliphatic hydroxyl groups excluding tert-OH is 1. The van der Waals surface area contributed by atoms with Gasteiger partial charge in [0.05, 0.1) is 26.4 Å². The Morgan fingerprint density at radius 1 is 1.04 bits per heavy atom. The topological polar surface area (TPSA) is 41.9 Å². The molecule has 0 fully saturated rings. The molecular weight excluding hydrogens is 350 g/mol. The van der Waals surface area contributed by atoms with Crippen molar-refractivity contribution in [3.63, 3.8) is 0 Å². The number of hydrogen-bond acceptors (Lipinski definition) is 4. The zero-order chi connectivity index (χ0) is 18.9. The van der Waals surface area contributed by atoms with Gasteiger partial charge < -0.3 is 19.5 Å². The van der Waals surface area contributed by atoms with Gasteiger partial charge in [0, 0.05) is 17.6 Å². The average molecular weight is 378 g/mol. The summed E-state index contributed by atoms with van der Waals surface area (Å²) in [6, 6.07) is 16.0. The highest BCUT2D eigenvalue weighted by Crippen LogP contribution is 2.14. The van der Waals surface area contributed by atoms with Crippen LogP contribution in [0, 0.1) is 0 Å². The third-order valence-corrected chi connectivity index (χ3v) is 4.69. The molecule has 0 aliphatic rings. The molecule has 0 saturated heterocycles. The summed E-state index contributed by atoms with van der Waals surface area (Å²) in [6.45, 7) is 3.50. The van der Waals surface area contributed by atoms with Gasteiger partial charge in [-0.05, 0) is 55.8 Å². The van der Waals surface area contributed by atoms with Crippen LogP contribution in [0.15, 0.2) is 48.5 Å². The van der Waals surface area contributed by atoms with Crippen LogP contribution in [0.3, 0.4) is 0 Å². The van der Waals surface area contributed by atoms with E-state index in [9.17, 15) is 5.11 Å². The molecule has 2 aromatic rings. The maximum atomic E-state index is 10.2. The van der Waals surface area contributed by atoms with Crippen molar-refractivity contribution in [1.82, 2.24) is 4.90 Å². The SMILES string of the molecule is COc1ccc(CC(C)N(C)CC(O)COCc2ccc(Cl)cc2)cc1. The summed E-state index contributed by atoms with van der Waals surface area (Å²) in [4.78, 5) is 2.15. The molecule has 142 valence electrons. The molecule has 4 nitrogen and oxygen atoms in total. The Morgan fingerprint density at radius 2 is 1.65 bits per heavy atom. The van der Waals surface area contributed by atoms with Crippen molar-refractivity contribution in [2.75, 3.05) is 27.3 Å². The van der Waals surface area contributed by atoms with E-state index < -0.39 is 6.10 Å². The molecule has 2 rings (SSSR count). The van der Waals surface area contributed by atoms with E-state index in [2.05, 4.69) is 24.0 Å². The maximum Gasteiger partial charge on any atom is 0.118 e. The Labute approximate surface area is 161 Å². The summed E-state index contributed by atoms with van der Waals surface area (Å²) in [5, 5.41) is 10.9. The van der Waals surface area contributed by atoms with E-state index in [0.29, 0.717) is 30.8 Å². The zero-order valence-corrected chi connectivity index (χ0v) is 16.4. The number of halogens is 1.